The van der Waals surface area contributed by atoms with Crippen molar-refractivity contribution in [3.8, 4) is 11.5 Å². The number of hydrogen-bond donors (Lipinski definition) is 2. The van der Waals surface area contributed by atoms with E-state index in [-0.39, 0.29) is 17.3 Å². The Balaban J connectivity index is 2.86. The predicted molar refractivity (Wildman–Crippen MR) is 52.5 cm³/mol. The standard InChI is InChI=1S/C11H10O3/c1-5-4-8(13)11(14)10-6(2)3-7(12)9(5)10/h3-4,13-14H,1-2H3. The first-order chi connectivity index (χ1) is 6.52. The Morgan fingerprint density at radius 3 is 2.43 bits per heavy atom. The minimum absolute atomic E-state index is 0.106. The number of ketones is 1. The van der Waals surface area contributed by atoms with Crippen LogP contribution < -0.4 is 0 Å². The molecule has 0 amide bonds. The summed E-state index contributed by atoms with van der Waals surface area (Å²) in [7, 11) is 0. The second-order valence-corrected chi connectivity index (χ2v) is 3.50. The predicted octanol–water partition coefficient (Wildman–Crippen LogP) is 2.01. The molecule has 3 nitrogen and oxygen atoms in total. The number of phenols is 2. The largest absolute Gasteiger partial charge is 0.504 e. The smallest absolute Gasteiger partial charge is 0.187 e. The molecule has 0 bridgehead atoms. The number of aryl methyl sites for hydroxylation is 1. The summed E-state index contributed by atoms with van der Waals surface area (Å²) >= 11 is 0. The zero-order valence-corrected chi connectivity index (χ0v) is 7.96. The quantitative estimate of drug-likeness (QED) is 0.615. The third kappa shape index (κ3) is 0.954. The fourth-order valence-corrected chi connectivity index (χ4v) is 1.83. The molecule has 1 aromatic carbocycles. The van der Waals surface area contributed by atoms with Crippen LogP contribution in [0.4, 0.5) is 0 Å². The molecule has 1 aromatic rings. The Kier molecular flexibility index (Phi) is 1.64. The Morgan fingerprint density at radius 1 is 1.14 bits per heavy atom. The van der Waals surface area contributed by atoms with Gasteiger partial charge in [0.2, 0.25) is 0 Å². The number of carbonyl (C=O) groups is 1. The number of carbonyl (C=O) groups excluding carboxylic acids is 1. The van der Waals surface area contributed by atoms with Crippen LogP contribution in [-0.4, -0.2) is 16.0 Å². The number of phenolic OH excluding ortho intramolecular Hbond substituents is 2. The SMILES string of the molecule is CC1=CC(=O)c2c(C)cc(O)c(O)c21. The number of aromatic hydroxyl groups is 2. The molecular weight excluding hydrogens is 180 g/mol. The van der Waals surface area contributed by atoms with E-state index in [0.717, 1.165) is 0 Å². The first-order valence-corrected chi connectivity index (χ1v) is 4.31. The second kappa shape index (κ2) is 2.61. The lowest BCUT2D eigenvalue weighted by atomic mass is 9.99. The third-order valence-electron chi connectivity index (χ3n) is 2.47. The summed E-state index contributed by atoms with van der Waals surface area (Å²) in [5.74, 6) is -0.487. The van der Waals surface area contributed by atoms with Crippen LogP contribution in [0.25, 0.3) is 5.57 Å². The Bertz CT molecular complexity index is 470. The highest BCUT2D eigenvalue weighted by molar-refractivity contribution is 6.18. The van der Waals surface area contributed by atoms with Crippen LogP contribution in [0.5, 0.6) is 11.5 Å². The number of allylic oxidation sites excluding steroid dienone is 2. The van der Waals surface area contributed by atoms with Crippen molar-refractivity contribution >= 4 is 11.4 Å². The highest BCUT2D eigenvalue weighted by Gasteiger charge is 2.25. The van der Waals surface area contributed by atoms with Crippen molar-refractivity contribution in [2.75, 3.05) is 0 Å². The molecule has 0 heterocycles. The van der Waals surface area contributed by atoms with E-state index in [0.29, 0.717) is 22.3 Å². The van der Waals surface area contributed by atoms with Crippen LogP contribution in [0.1, 0.15) is 28.4 Å². The van der Waals surface area contributed by atoms with Gasteiger partial charge in [-0.15, -0.1) is 0 Å². The van der Waals surface area contributed by atoms with Gasteiger partial charge >= 0.3 is 0 Å². The van der Waals surface area contributed by atoms with Gasteiger partial charge in [-0.1, -0.05) is 0 Å². The van der Waals surface area contributed by atoms with Crippen LogP contribution in [-0.2, 0) is 0 Å². The van der Waals surface area contributed by atoms with Crippen molar-refractivity contribution in [1.82, 2.24) is 0 Å². The van der Waals surface area contributed by atoms with E-state index in [2.05, 4.69) is 0 Å². The van der Waals surface area contributed by atoms with Crippen LogP contribution in [0.15, 0.2) is 12.1 Å². The third-order valence-corrected chi connectivity index (χ3v) is 2.47. The summed E-state index contributed by atoms with van der Waals surface area (Å²) in [5.41, 5.74) is 2.35. The molecular formula is C11H10O3. The Hall–Kier alpha value is -1.77. The summed E-state index contributed by atoms with van der Waals surface area (Å²) < 4.78 is 0. The molecule has 0 aliphatic heterocycles. The van der Waals surface area contributed by atoms with E-state index in [1.54, 1.807) is 13.8 Å². The molecule has 0 radical (unpaired) electrons. The monoisotopic (exact) mass is 190 g/mol. The molecule has 3 heteroatoms. The van der Waals surface area contributed by atoms with Crippen molar-refractivity contribution < 1.29 is 15.0 Å². The van der Waals surface area contributed by atoms with Crippen molar-refractivity contribution in [1.29, 1.82) is 0 Å². The van der Waals surface area contributed by atoms with Gasteiger partial charge in [0.25, 0.3) is 0 Å². The first-order valence-electron chi connectivity index (χ1n) is 4.31. The Labute approximate surface area is 81.3 Å². The summed E-state index contributed by atoms with van der Waals surface area (Å²) in [6, 6.07) is 1.40. The number of fused-ring (bicyclic) bond motifs is 1. The molecule has 0 spiro atoms. The molecule has 0 aromatic heterocycles. The average molecular weight is 190 g/mol. The van der Waals surface area contributed by atoms with Crippen LogP contribution >= 0.6 is 0 Å². The summed E-state index contributed by atoms with van der Waals surface area (Å²) in [6.45, 7) is 3.48. The maximum atomic E-state index is 11.5. The Morgan fingerprint density at radius 2 is 1.79 bits per heavy atom. The van der Waals surface area contributed by atoms with Crippen molar-refractivity contribution in [2.24, 2.45) is 0 Å². The van der Waals surface area contributed by atoms with Gasteiger partial charge in [0.05, 0.1) is 0 Å². The first kappa shape index (κ1) is 8.81. The van der Waals surface area contributed by atoms with E-state index >= 15 is 0 Å². The van der Waals surface area contributed by atoms with Crippen molar-refractivity contribution in [3.05, 3.63) is 28.8 Å². The van der Waals surface area contributed by atoms with Crippen molar-refractivity contribution in [3.63, 3.8) is 0 Å². The van der Waals surface area contributed by atoms with Gasteiger partial charge in [-0.25, -0.2) is 0 Å². The minimum atomic E-state index is -0.204. The van der Waals surface area contributed by atoms with Crippen LogP contribution in [0, 0.1) is 6.92 Å². The number of benzene rings is 1. The normalized spacial score (nSPS) is 14.1. The lowest BCUT2D eigenvalue weighted by molar-refractivity contribution is 0.104. The topological polar surface area (TPSA) is 57.5 Å². The van der Waals surface area contributed by atoms with E-state index < -0.39 is 0 Å². The van der Waals surface area contributed by atoms with Gasteiger partial charge in [-0.05, 0) is 37.1 Å². The molecule has 72 valence electrons. The van der Waals surface area contributed by atoms with E-state index in [4.69, 9.17) is 0 Å². The van der Waals surface area contributed by atoms with Gasteiger partial charge in [0.1, 0.15) is 0 Å². The molecule has 2 N–H and O–H groups in total. The van der Waals surface area contributed by atoms with Gasteiger partial charge in [0, 0.05) is 11.1 Å². The molecule has 0 fully saturated rings. The van der Waals surface area contributed by atoms with Crippen LogP contribution in [0.2, 0.25) is 0 Å². The minimum Gasteiger partial charge on any atom is -0.504 e. The maximum absolute atomic E-state index is 11.5. The highest BCUT2D eigenvalue weighted by Crippen LogP contribution is 2.41. The fourth-order valence-electron chi connectivity index (χ4n) is 1.83. The van der Waals surface area contributed by atoms with E-state index in [1.165, 1.54) is 12.1 Å². The van der Waals surface area contributed by atoms with Gasteiger partial charge in [0.15, 0.2) is 17.3 Å². The van der Waals surface area contributed by atoms with Gasteiger partial charge < -0.3 is 10.2 Å². The zero-order chi connectivity index (χ0) is 10.5. The summed E-state index contributed by atoms with van der Waals surface area (Å²) in [4.78, 5) is 11.5. The molecule has 0 saturated carbocycles. The number of rotatable bonds is 0. The zero-order valence-electron chi connectivity index (χ0n) is 7.96. The molecule has 14 heavy (non-hydrogen) atoms. The summed E-state index contributed by atoms with van der Waals surface area (Å²) in [6.07, 6.45) is 1.47. The van der Waals surface area contributed by atoms with Crippen molar-refractivity contribution in [2.45, 2.75) is 13.8 Å². The molecule has 1 aliphatic rings. The average Bonchev–Trinajstić information content (AvgIpc) is 2.38. The summed E-state index contributed by atoms with van der Waals surface area (Å²) in [5, 5.41) is 19.0. The van der Waals surface area contributed by atoms with Crippen LogP contribution in [0.3, 0.4) is 0 Å². The lowest BCUT2D eigenvalue weighted by Gasteiger charge is -2.08. The molecule has 1 aliphatic carbocycles. The molecule has 0 unspecified atom stereocenters. The van der Waals surface area contributed by atoms with E-state index in [1.807, 2.05) is 0 Å². The van der Waals surface area contributed by atoms with Gasteiger partial charge in [-0.2, -0.15) is 0 Å². The van der Waals surface area contributed by atoms with E-state index in [9.17, 15) is 15.0 Å². The molecule has 2 rings (SSSR count). The highest BCUT2D eigenvalue weighted by atomic mass is 16.3. The molecule has 0 saturated heterocycles. The maximum Gasteiger partial charge on any atom is 0.187 e. The number of hydrogen-bond acceptors (Lipinski definition) is 3. The fraction of sp³-hybridized carbons (Fsp3) is 0.182. The van der Waals surface area contributed by atoms with Gasteiger partial charge in [-0.3, -0.25) is 4.79 Å². The second-order valence-electron chi connectivity index (χ2n) is 3.50. The lowest BCUT2D eigenvalue weighted by Crippen LogP contribution is -1.96. The molecule has 0 atom stereocenters.